The molecule has 0 spiro atoms. The summed E-state index contributed by atoms with van der Waals surface area (Å²) in [6.45, 7) is 9.47. The number of morpholine rings is 1. The molecule has 0 aromatic heterocycles. The summed E-state index contributed by atoms with van der Waals surface area (Å²) in [6, 6.07) is 0.419. The predicted molar refractivity (Wildman–Crippen MR) is 68.1 cm³/mol. The van der Waals surface area contributed by atoms with Crippen LogP contribution in [0.1, 0.15) is 33.6 Å². The van der Waals surface area contributed by atoms with Crippen molar-refractivity contribution in [1.82, 2.24) is 10.2 Å². The van der Waals surface area contributed by atoms with Crippen LogP contribution in [0.2, 0.25) is 0 Å². The highest BCUT2D eigenvalue weighted by molar-refractivity contribution is 4.89. The van der Waals surface area contributed by atoms with Gasteiger partial charge in [0.25, 0.3) is 0 Å². The van der Waals surface area contributed by atoms with E-state index in [2.05, 4.69) is 24.1 Å². The summed E-state index contributed by atoms with van der Waals surface area (Å²) in [7, 11) is 0. The van der Waals surface area contributed by atoms with Gasteiger partial charge in [-0.1, -0.05) is 13.8 Å². The Labute approximate surface area is 104 Å². The lowest BCUT2D eigenvalue weighted by molar-refractivity contribution is -0.0663. The minimum atomic E-state index is -0.652. The van der Waals surface area contributed by atoms with Crippen molar-refractivity contribution in [3.8, 4) is 0 Å². The molecule has 2 fully saturated rings. The molecule has 0 saturated carbocycles. The first-order valence-electron chi connectivity index (χ1n) is 6.78. The first-order valence-corrected chi connectivity index (χ1v) is 6.78. The van der Waals surface area contributed by atoms with E-state index in [-0.39, 0.29) is 0 Å². The fourth-order valence-electron chi connectivity index (χ4n) is 2.79. The van der Waals surface area contributed by atoms with Crippen molar-refractivity contribution in [2.24, 2.45) is 0 Å². The van der Waals surface area contributed by atoms with Crippen LogP contribution in [-0.4, -0.2) is 60.0 Å². The Bertz CT molecular complexity index is 244. The molecule has 0 aromatic carbocycles. The van der Waals surface area contributed by atoms with Gasteiger partial charge in [0, 0.05) is 32.2 Å². The lowest BCUT2D eigenvalue weighted by Crippen LogP contribution is -2.53. The van der Waals surface area contributed by atoms with Gasteiger partial charge in [-0.25, -0.2) is 0 Å². The van der Waals surface area contributed by atoms with Crippen LogP contribution < -0.4 is 5.32 Å². The molecule has 4 heteroatoms. The predicted octanol–water partition coefficient (Wildman–Crippen LogP) is 0.599. The summed E-state index contributed by atoms with van der Waals surface area (Å²) in [5, 5.41) is 13.7. The maximum atomic E-state index is 10.4. The highest BCUT2D eigenvalue weighted by Crippen LogP contribution is 2.26. The number of ether oxygens (including phenoxy) is 1. The third-order valence-electron chi connectivity index (χ3n) is 3.57. The van der Waals surface area contributed by atoms with Crippen LogP contribution in [0.25, 0.3) is 0 Å². The molecule has 2 N–H and O–H groups in total. The molecule has 2 saturated heterocycles. The summed E-state index contributed by atoms with van der Waals surface area (Å²) in [4.78, 5) is 2.36. The molecule has 0 aromatic rings. The van der Waals surface area contributed by atoms with E-state index >= 15 is 0 Å². The number of nitrogens with one attached hydrogen (secondary N) is 1. The van der Waals surface area contributed by atoms with E-state index in [4.69, 9.17) is 4.74 Å². The molecule has 2 heterocycles. The van der Waals surface area contributed by atoms with Crippen molar-refractivity contribution in [3.63, 3.8) is 0 Å². The molecule has 4 nitrogen and oxygen atoms in total. The maximum Gasteiger partial charge on any atom is 0.0869 e. The molecule has 2 aliphatic heterocycles. The fraction of sp³-hybridized carbons (Fsp3) is 1.00. The van der Waals surface area contributed by atoms with Crippen LogP contribution in [0.15, 0.2) is 0 Å². The quantitative estimate of drug-likeness (QED) is 0.741. The second-order valence-electron chi connectivity index (χ2n) is 6.18. The van der Waals surface area contributed by atoms with Crippen LogP contribution in [-0.2, 0) is 4.74 Å². The second kappa shape index (κ2) is 5.22. The standard InChI is InChI=1S/C13H26N2O2/c1-10(2)14-8-13(3,16)9-15-6-11-4-5-12(7-15)17-11/h10-12,14,16H,4-9H2,1-3H3. The molecule has 0 aliphatic carbocycles. The largest absolute Gasteiger partial charge is 0.388 e. The topological polar surface area (TPSA) is 44.7 Å². The second-order valence-corrected chi connectivity index (χ2v) is 6.18. The van der Waals surface area contributed by atoms with Gasteiger partial charge in [-0.05, 0) is 19.8 Å². The van der Waals surface area contributed by atoms with E-state index in [1.54, 1.807) is 0 Å². The van der Waals surface area contributed by atoms with E-state index in [1.165, 1.54) is 12.8 Å². The monoisotopic (exact) mass is 242 g/mol. The first-order chi connectivity index (χ1) is 7.94. The lowest BCUT2D eigenvalue weighted by atomic mass is 10.1. The summed E-state index contributed by atoms with van der Waals surface area (Å²) < 4.78 is 5.80. The number of likely N-dealkylation sites (tertiary alicyclic amines) is 1. The van der Waals surface area contributed by atoms with Crippen molar-refractivity contribution in [2.75, 3.05) is 26.2 Å². The molecule has 3 unspecified atom stereocenters. The van der Waals surface area contributed by atoms with E-state index in [0.717, 1.165) is 19.6 Å². The van der Waals surface area contributed by atoms with E-state index < -0.39 is 5.60 Å². The average Bonchev–Trinajstić information content (AvgIpc) is 2.55. The zero-order valence-corrected chi connectivity index (χ0v) is 11.3. The van der Waals surface area contributed by atoms with Gasteiger partial charge in [0.2, 0.25) is 0 Å². The van der Waals surface area contributed by atoms with Crippen molar-refractivity contribution >= 4 is 0 Å². The SMILES string of the molecule is CC(C)NCC(C)(O)CN1CC2CCC(C1)O2. The molecule has 2 bridgehead atoms. The normalized spacial score (nSPS) is 33.0. The van der Waals surface area contributed by atoms with Crippen LogP contribution >= 0.6 is 0 Å². The van der Waals surface area contributed by atoms with Gasteiger partial charge in [0.15, 0.2) is 0 Å². The fourth-order valence-corrected chi connectivity index (χ4v) is 2.79. The summed E-state index contributed by atoms with van der Waals surface area (Å²) in [5.41, 5.74) is -0.652. The molecular weight excluding hydrogens is 216 g/mol. The number of hydrogen-bond acceptors (Lipinski definition) is 4. The highest BCUT2D eigenvalue weighted by Gasteiger charge is 2.36. The van der Waals surface area contributed by atoms with E-state index in [1.807, 2.05) is 6.92 Å². The number of β-amino-alcohol motifs (C(OH)–C–C–N with tert-alkyl or cyclic N) is 1. The van der Waals surface area contributed by atoms with Crippen molar-refractivity contribution in [1.29, 1.82) is 0 Å². The lowest BCUT2D eigenvalue weighted by Gasteiger charge is -2.37. The van der Waals surface area contributed by atoms with Crippen LogP contribution in [0.4, 0.5) is 0 Å². The summed E-state index contributed by atoms with van der Waals surface area (Å²) >= 11 is 0. The molecule has 100 valence electrons. The number of aliphatic hydroxyl groups is 1. The smallest absolute Gasteiger partial charge is 0.0869 e. The number of rotatable bonds is 5. The van der Waals surface area contributed by atoms with Crippen LogP contribution in [0, 0.1) is 0 Å². The Morgan fingerprint density at radius 2 is 1.94 bits per heavy atom. The van der Waals surface area contributed by atoms with Crippen molar-refractivity contribution < 1.29 is 9.84 Å². The highest BCUT2D eigenvalue weighted by atomic mass is 16.5. The van der Waals surface area contributed by atoms with Crippen molar-refractivity contribution in [2.45, 2.75) is 57.5 Å². The third-order valence-corrected chi connectivity index (χ3v) is 3.57. The Kier molecular flexibility index (Phi) is 4.08. The first kappa shape index (κ1) is 13.3. The number of fused-ring (bicyclic) bond motifs is 2. The minimum absolute atomic E-state index is 0.405. The molecule has 2 rings (SSSR count). The molecular formula is C13H26N2O2. The summed E-state index contributed by atoms with van der Waals surface area (Å²) in [6.07, 6.45) is 3.19. The zero-order valence-electron chi connectivity index (χ0n) is 11.3. The molecule has 3 atom stereocenters. The van der Waals surface area contributed by atoms with Gasteiger partial charge >= 0.3 is 0 Å². The molecule has 17 heavy (non-hydrogen) atoms. The van der Waals surface area contributed by atoms with Gasteiger partial charge in [0.05, 0.1) is 17.8 Å². The molecule has 0 amide bonds. The Balaban J connectivity index is 1.79. The Morgan fingerprint density at radius 1 is 1.35 bits per heavy atom. The Hall–Kier alpha value is -0.160. The molecule has 0 radical (unpaired) electrons. The van der Waals surface area contributed by atoms with Gasteiger partial charge in [-0.3, -0.25) is 4.90 Å². The molecule has 2 aliphatic rings. The number of hydrogen-bond donors (Lipinski definition) is 2. The van der Waals surface area contributed by atoms with Gasteiger partial charge in [0.1, 0.15) is 0 Å². The van der Waals surface area contributed by atoms with Gasteiger partial charge in [-0.15, -0.1) is 0 Å². The Morgan fingerprint density at radius 3 is 2.47 bits per heavy atom. The maximum absolute atomic E-state index is 10.4. The van der Waals surface area contributed by atoms with Gasteiger partial charge < -0.3 is 15.2 Å². The average molecular weight is 242 g/mol. The third kappa shape index (κ3) is 3.91. The van der Waals surface area contributed by atoms with Crippen LogP contribution in [0.5, 0.6) is 0 Å². The van der Waals surface area contributed by atoms with Crippen molar-refractivity contribution in [3.05, 3.63) is 0 Å². The zero-order chi connectivity index (χ0) is 12.5. The van der Waals surface area contributed by atoms with E-state index in [9.17, 15) is 5.11 Å². The van der Waals surface area contributed by atoms with E-state index in [0.29, 0.717) is 24.8 Å². The number of nitrogens with zero attached hydrogens (tertiary/aromatic N) is 1. The minimum Gasteiger partial charge on any atom is -0.388 e. The summed E-state index contributed by atoms with van der Waals surface area (Å²) in [5.74, 6) is 0. The van der Waals surface area contributed by atoms with Gasteiger partial charge in [-0.2, -0.15) is 0 Å². The van der Waals surface area contributed by atoms with Crippen LogP contribution in [0.3, 0.4) is 0 Å².